The minimum absolute atomic E-state index is 0. The van der Waals surface area contributed by atoms with Crippen molar-refractivity contribution in [2.75, 3.05) is 26.5 Å². The van der Waals surface area contributed by atoms with Gasteiger partial charge in [-0.05, 0) is 31.5 Å². The fourth-order valence-electron chi connectivity index (χ4n) is 2.47. The molecule has 23 heavy (non-hydrogen) atoms. The van der Waals surface area contributed by atoms with Crippen LogP contribution in [0, 0.1) is 0 Å². The number of fused-ring (bicyclic) bond motifs is 1. The van der Waals surface area contributed by atoms with Gasteiger partial charge in [-0.1, -0.05) is 0 Å². The highest BCUT2D eigenvalue weighted by atomic mass is 35.5. The molecule has 2 aliphatic heterocycles. The molecule has 0 radical (unpaired) electrons. The summed E-state index contributed by atoms with van der Waals surface area (Å²) >= 11 is 0. The van der Waals surface area contributed by atoms with Crippen LogP contribution in [0.3, 0.4) is 0 Å². The molecule has 2 unspecified atom stereocenters. The third-order valence-electron chi connectivity index (χ3n) is 3.68. The number of benzene rings is 1. The Morgan fingerprint density at radius 2 is 2.26 bits per heavy atom. The maximum atomic E-state index is 11.8. The van der Waals surface area contributed by atoms with E-state index in [2.05, 4.69) is 10.6 Å². The Kier molecular flexibility index (Phi) is 6.32. The molecule has 1 aromatic carbocycles. The topological polar surface area (TPSA) is 89.1 Å². The van der Waals surface area contributed by atoms with Gasteiger partial charge in [0.1, 0.15) is 18.5 Å². The highest BCUT2D eigenvalue weighted by molar-refractivity contribution is 5.85. The van der Waals surface area contributed by atoms with E-state index in [1.807, 2.05) is 0 Å². The SMILES string of the molecule is Cl.O=C(NCC(O)COc1ccc2c(c1)OCO2)C1CCCN1. The molecular formula is C15H21ClN2O5. The Morgan fingerprint density at radius 3 is 3.04 bits per heavy atom. The minimum atomic E-state index is -0.768. The zero-order chi connectivity index (χ0) is 15.4. The van der Waals surface area contributed by atoms with Gasteiger partial charge in [0.25, 0.3) is 0 Å². The molecule has 1 aromatic rings. The molecule has 1 saturated heterocycles. The van der Waals surface area contributed by atoms with Crippen LogP contribution < -0.4 is 24.8 Å². The lowest BCUT2D eigenvalue weighted by atomic mass is 10.2. The van der Waals surface area contributed by atoms with E-state index < -0.39 is 6.10 Å². The van der Waals surface area contributed by atoms with Crippen molar-refractivity contribution >= 4 is 18.3 Å². The monoisotopic (exact) mass is 344 g/mol. The van der Waals surface area contributed by atoms with Crippen LogP contribution in [0.25, 0.3) is 0 Å². The standard InChI is InChI=1S/C15H20N2O5.ClH/c18-10(7-17-15(19)12-2-1-5-16-12)8-20-11-3-4-13-14(6-11)22-9-21-13;/h3-4,6,10,12,16,18H,1-2,5,7-9H2,(H,17,19);1H. The van der Waals surface area contributed by atoms with Crippen LogP contribution in [0.5, 0.6) is 17.2 Å². The summed E-state index contributed by atoms with van der Waals surface area (Å²) < 4.78 is 16.0. The van der Waals surface area contributed by atoms with E-state index in [4.69, 9.17) is 14.2 Å². The van der Waals surface area contributed by atoms with Gasteiger partial charge in [-0.25, -0.2) is 0 Å². The Hall–Kier alpha value is -1.70. The molecule has 1 fully saturated rings. The normalized spacial score (nSPS) is 19.8. The van der Waals surface area contributed by atoms with Gasteiger partial charge in [0.15, 0.2) is 11.5 Å². The van der Waals surface area contributed by atoms with Crippen molar-refractivity contribution in [2.45, 2.75) is 25.0 Å². The first kappa shape index (κ1) is 17.7. The van der Waals surface area contributed by atoms with Crippen molar-refractivity contribution < 1.29 is 24.1 Å². The maximum Gasteiger partial charge on any atom is 0.237 e. The predicted octanol–water partition coefficient (Wildman–Crippen LogP) is 0.445. The van der Waals surface area contributed by atoms with E-state index in [0.717, 1.165) is 19.4 Å². The molecule has 3 rings (SSSR count). The summed E-state index contributed by atoms with van der Waals surface area (Å²) in [5.41, 5.74) is 0. The quantitative estimate of drug-likeness (QED) is 0.694. The molecule has 2 heterocycles. The van der Waals surface area contributed by atoms with Crippen molar-refractivity contribution in [3.05, 3.63) is 18.2 Å². The number of amides is 1. The van der Waals surface area contributed by atoms with E-state index in [9.17, 15) is 9.90 Å². The molecule has 8 heteroatoms. The molecule has 0 saturated carbocycles. The fraction of sp³-hybridized carbons (Fsp3) is 0.533. The van der Waals surface area contributed by atoms with Gasteiger partial charge in [0.05, 0.1) is 6.04 Å². The Bertz CT molecular complexity index is 537. The maximum absolute atomic E-state index is 11.8. The van der Waals surface area contributed by atoms with Crippen molar-refractivity contribution in [2.24, 2.45) is 0 Å². The van der Waals surface area contributed by atoms with Gasteiger partial charge < -0.3 is 30.0 Å². The average Bonchev–Trinajstić information content (AvgIpc) is 3.20. The second-order valence-corrected chi connectivity index (χ2v) is 5.37. The van der Waals surface area contributed by atoms with E-state index >= 15 is 0 Å². The third-order valence-corrected chi connectivity index (χ3v) is 3.68. The number of ether oxygens (including phenoxy) is 3. The van der Waals surface area contributed by atoms with Crippen LogP contribution in [0.4, 0.5) is 0 Å². The summed E-state index contributed by atoms with van der Waals surface area (Å²) in [4.78, 5) is 11.8. The zero-order valence-electron chi connectivity index (χ0n) is 12.6. The van der Waals surface area contributed by atoms with Gasteiger partial charge in [-0.3, -0.25) is 4.79 Å². The Morgan fingerprint density at radius 1 is 1.43 bits per heavy atom. The number of nitrogens with one attached hydrogen (secondary N) is 2. The van der Waals surface area contributed by atoms with Crippen LogP contribution in [-0.4, -0.2) is 49.6 Å². The largest absolute Gasteiger partial charge is 0.491 e. The summed E-state index contributed by atoms with van der Waals surface area (Å²) in [7, 11) is 0. The minimum Gasteiger partial charge on any atom is -0.491 e. The summed E-state index contributed by atoms with van der Waals surface area (Å²) in [6.45, 7) is 1.34. The number of rotatable bonds is 6. The molecular weight excluding hydrogens is 324 g/mol. The van der Waals surface area contributed by atoms with E-state index in [0.29, 0.717) is 17.2 Å². The first-order valence-electron chi connectivity index (χ1n) is 7.44. The van der Waals surface area contributed by atoms with Gasteiger partial charge in [0.2, 0.25) is 12.7 Å². The Labute approximate surface area is 140 Å². The number of carbonyl (C=O) groups excluding carboxylic acids is 1. The first-order chi connectivity index (χ1) is 10.7. The summed E-state index contributed by atoms with van der Waals surface area (Å²) in [5.74, 6) is 1.84. The van der Waals surface area contributed by atoms with Crippen molar-refractivity contribution in [3.63, 3.8) is 0 Å². The lowest BCUT2D eigenvalue weighted by molar-refractivity contribution is -0.123. The number of hydrogen-bond acceptors (Lipinski definition) is 6. The highest BCUT2D eigenvalue weighted by Gasteiger charge is 2.22. The zero-order valence-corrected chi connectivity index (χ0v) is 13.4. The van der Waals surface area contributed by atoms with Crippen LogP contribution in [0.1, 0.15) is 12.8 Å². The van der Waals surface area contributed by atoms with Crippen LogP contribution >= 0.6 is 12.4 Å². The van der Waals surface area contributed by atoms with Gasteiger partial charge in [0, 0.05) is 12.6 Å². The number of hydrogen-bond donors (Lipinski definition) is 3. The number of aliphatic hydroxyl groups excluding tert-OH is 1. The average molecular weight is 345 g/mol. The molecule has 0 spiro atoms. The van der Waals surface area contributed by atoms with Crippen molar-refractivity contribution in [1.82, 2.24) is 10.6 Å². The van der Waals surface area contributed by atoms with Gasteiger partial charge >= 0.3 is 0 Å². The molecule has 3 N–H and O–H groups in total. The van der Waals surface area contributed by atoms with E-state index in [1.165, 1.54) is 0 Å². The first-order valence-corrected chi connectivity index (χ1v) is 7.44. The molecule has 7 nitrogen and oxygen atoms in total. The molecule has 0 aliphatic carbocycles. The molecule has 0 bridgehead atoms. The smallest absolute Gasteiger partial charge is 0.237 e. The lowest BCUT2D eigenvalue weighted by Crippen LogP contribution is -2.44. The molecule has 2 aliphatic rings. The third kappa shape index (κ3) is 4.63. The summed E-state index contributed by atoms with van der Waals surface area (Å²) in [6.07, 6.45) is 1.08. The highest BCUT2D eigenvalue weighted by Crippen LogP contribution is 2.35. The fourth-order valence-corrected chi connectivity index (χ4v) is 2.47. The van der Waals surface area contributed by atoms with Crippen LogP contribution in [-0.2, 0) is 4.79 Å². The summed E-state index contributed by atoms with van der Waals surface area (Å²) in [5, 5.41) is 15.7. The molecule has 2 atom stereocenters. The second-order valence-electron chi connectivity index (χ2n) is 5.37. The van der Waals surface area contributed by atoms with E-state index in [-0.39, 0.29) is 44.3 Å². The van der Waals surface area contributed by atoms with Crippen LogP contribution in [0.15, 0.2) is 18.2 Å². The molecule has 0 aromatic heterocycles. The van der Waals surface area contributed by atoms with Gasteiger partial charge in [-0.2, -0.15) is 0 Å². The summed E-state index contributed by atoms with van der Waals surface area (Å²) in [6, 6.07) is 5.09. The van der Waals surface area contributed by atoms with Crippen molar-refractivity contribution in [1.29, 1.82) is 0 Å². The number of halogens is 1. The lowest BCUT2D eigenvalue weighted by Gasteiger charge is -2.15. The molecule has 128 valence electrons. The molecule has 1 amide bonds. The van der Waals surface area contributed by atoms with Crippen molar-refractivity contribution in [3.8, 4) is 17.2 Å². The van der Waals surface area contributed by atoms with Crippen LogP contribution in [0.2, 0.25) is 0 Å². The Balaban J connectivity index is 0.00000192. The van der Waals surface area contributed by atoms with E-state index in [1.54, 1.807) is 18.2 Å². The number of aliphatic hydroxyl groups is 1. The second kappa shape index (κ2) is 8.24. The number of carbonyl (C=O) groups is 1. The predicted molar refractivity (Wildman–Crippen MR) is 85.3 cm³/mol. The van der Waals surface area contributed by atoms with Gasteiger partial charge in [-0.15, -0.1) is 12.4 Å².